The van der Waals surface area contributed by atoms with E-state index in [-0.39, 0.29) is 0 Å². The van der Waals surface area contributed by atoms with Crippen LogP contribution in [0.25, 0.3) is 131 Å². The Balaban J connectivity index is 1.31. The van der Waals surface area contributed by atoms with Gasteiger partial charge in [0.2, 0.25) is 0 Å². The zero-order chi connectivity index (χ0) is 35.4. The van der Waals surface area contributed by atoms with Crippen molar-refractivity contribution in [1.82, 2.24) is 0 Å². The highest BCUT2D eigenvalue weighted by molar-refractivity contribution is 6.48. The standard InChI is InChI=1S/C52H30O2/c1-53-29-15-11-27(12-16-29)43-49-39-23-19-35-31-7-3-5-9-33(31)37-21-25-41(47(39)45(35)37)51(49)44(28-13-17-30(54-2)18-14-28)52-42-26-22-38-34-10-6-4-8-32(34)36-20-24-40(50(43)52)48(42)46(36)38/h3-26H,1-2H3. The molecule has 0 unspecified atom stereocenters. The van der Waals surface area contributed by atoms with Crippen LogP contribution in [-0.4, -0.2) is 14.2 Å². The molecule has 0 spiro atoms. The van der Waals surface area contributed by atoms with E-state index in [1.807, 2.05) is 0 Å². The Morgan fingerprint density at radius 3 is 0.833 bits per heavy atom. The molecule has 2 nitrogen and oxygen atoms in total. The zero-order valence-electron chi connectivity index (χ0n) is 29.7. The van der Waals surface area contributed by atoms with Gasteiger partial charge < -0.3 is 9.47 Å². The molecule has 0 heterocycles. The van der Waals surface area contributed by atoms with Crippen LogP contribution >= 0.6 is 0 Å². The molecule has 0 aromatic heterocycles. The van der Waals surface area contributed by atoms with Gasteiger partial charge in [-0.05, 0) is 156 Å². The summed E-state index contributed by atoms with van der Waals surface area (Å²) in [6.07, 6.45) is 0. The van der Waals surface area contributed by atoms with E-state index in [1.54, 1.807) is 14.2 Å². The first-order chi connectivity index (χ1) is 26.7. The van der Waals surface area contributed by atoms with Crippen LogP contribution in [0.5, 0.6) is 11.5 Å². The van der Waals surface area contributed by atoms with E-state index in [1.165, 1.54) is 131 Å². The second-order valence-electron chi connectivity index (χ2n) is 14.9. The molecule has 0 aliphatic heterocycles. The minimum absolute atomic E-state index is 0.855. The van der Waals surface area contributed by atoms with Gasteiger partial charge in [0.25, 0.3) is 0 Å². The number of ether oxygens (including phenoxy) is 2. The van der Waals surface area contributed by atoms with E-state index < -0.39 is 0 Å². The SMILES string of the molecule is COc1ccc(-c2c3c4ccc5c6c(ccc(c3c(-c3ccc(OC)cc3)c3c7ccc8c9c(ccc(c23)c97)-c2ccccc2-8)c64)-c2ccccc2-5)cc1. The van der Waals surface area contributed by atoms with E-state index in [9.17, 15) is 0 Å². The van der Waals surface area contributed by atoms with E-state index >= 15 is 0 Å². The molecule has 0 atom stereocenters. The maximum Gasteiger partial charge on any atom is 0.118 e. The van der Waals surface area contributed by atoms with Crippen molar-refractivity contribution < 1.29 is 9.47 Å². The van der Waals surface area contributed by atoms with Crippen molar-refractivity contribution in [3.8, 4) is 78.3 Å². The third-order valence-electron chi connectivity index (χ3n) is 12.7. The Bertz CT molecular complexity index is 3020. The van der Waals surface area contributed by atoms with E-state index in [0.717, 1.165) is 11.5 Å². The van der Waals surface area contributed by atoms with Gasteiger partial charge >= 0.3 is 0 Å². The summed E-state index contributed by atoms with van der Waals surface area (Å²) in [4.78, 5) is 0. The lowest BCUT2D eigenvalue weighted by molar-refractivity contribution is 0.415. The van der Waals surface area contributed by atoms with Crippen LogP contribution in [-0.2, 0) is 0 Å². The Morgan fingerprint density at radius 1 is 0.259 bits per heavy atom. The topological polar surface area (TPSA) is 18.5 Å². The van der Waals surface area contributed by atoms with E-state index in [0.29, 0.717) is 0 Å². The number of rotatable bonds is 4. The predicted octanol–water partition coefficient (Wildman–Crippen LogP) is 14.1. The fourth-order valence-corrected chi connectivity index (χ4v) is 10.5. The molecule has 0 fully saturated rings. The van der Waals surface area contributed by atoms with E-state index in [4.69, 9.17) is 9.47 Å². The number of hydrogen-bond donors (Lipinski definition) is 0. The highest BCUT2D eigenvalue weighted by Gasteiger charge is 2.32. The minimum Gasteiger partial charge on any atom is -0.497 e. The lowest BCUT2D eigenvalue weighted by Gasteiger charge is -2.16. The first-order valence-electron chi connectivity index (χ1n) is 18.7. The molecule has 13 rings (SSSR count). The third-order valence-corrected chi connectivity index (χ3v) is 12.7. The summed E-state index contributed by atoms with van der Waals surface area (Å²) in [5.41, 5.74) is 15.5. The molecule has 0 saturated heterocycles. The quantitative estimate of drug-likeness (QED) is 0.183. The van der Waals surface area contributed by atoms with Crippen molar-refractivity contribution in [3.05, 3.63) is 146 Å². The average molecular weight is 687 g/mol. The Labute approximate surface area is 311 Å². The highest BCUT2D eigenvalue weighted by atomic mass is 16.5. The highest BCUT2D eigenvalue weighted by Crippen LogP contribution is 2.60. The second kappa shape index (κ2) is 9.95. The maximum absolute atomic E-state index is 5.70. The molecule has 0 radical (unpaired) electrons. The summed E-state index contributed by atoms with van der Waals surface area (Å²) in [7, 11) is 3.48. The van der Waals surface area contributed by atoms with Crippen LogP contribution in [0.4, 0.5) is 0 Å². The Hall–Kier alpha value is -6.90. The summed E-state index contributed by atoms with van der Waals surface area (Å²) in [6, 6.07) is 54.3. The summed E-state index contributed by atoms with van der Waals surface area (Å²) < 4.78 is 11.4. The molecule has 11 aromatic rings. The van der Waals surface area contributed by atoms with Gasteiger partial charge in [-0.2, -0.15) is 0 Å². The number of methoxy groups -OCH3 is 2. The minimum atomic E-state index is 0.855. The third kappa shape index (κ3) is 3.30. The van der Waals surface area contributed by atoms with Crippen molar-refractivity contribution in [3.63, 3.8) is 0 Å². The number of fused-ring (bicyclic) bond motifs is 12. The Morgan fingerprint density at radius 2 is 0.556 bits per heavy atom. The first-order valence-corrected chi connectivity index (χ1v) is 18.7. The molecule has 0 saturated carbocycles. The van der Waals surface area contributed by atoms with Gasteiger partial charge in [-0.25, -0.2) is 0 Å². The van der Waals surface area contributed by atoms with Crippen LogP contribution in [0, 0.1) is 0 Å². The molecule has 2 aliphatic carbocycles. The van der Waals surface area contributed by atoms with Crippen LogP contribution in [0.2, 0.25) is 0 Å². The maximum atomic E-state index is 5.70. The molecule has 11 aromatic carbocycles. The van der Waals surface area contributed by atoms with Gasteiger partial charge in [0.1, 0.15) is 11.5 Å². The van der Waals surface area contributed by atoms with Gasteiger partial charge in [-0.1, -0.05) is 121 Å². The Kier molecular flexibility index (Phi) is 5.28. The van der Waals surface area contributed by atoms with Crippen molar-refractivity contribution in [2.24, 2.45) is 0 Å². The van der Waals surface area contributed by atoms with E-state index in [2.05, 4.69) is 146 Å². The molecule has 0 amide bonds. The normalized spacial score (nSPS) is 12.6. The lowest BCUT2D eigenvalue weighted by Crippen LogP contribution is -1.89. The van der Waals surface area contributed by atoms with Crippen molar-refractivity contribution in [1.29, 1.82) is 0 Å². The van der Waals surface area contributed by atoms with Gasteiger partial charge in [-0.3, -0.25) is 0 Å². The van der Waals surface area contributed by atoms with Crippen LogP contribution in [0.3, 0.4) is 0 Å². The van der Waals surface area contributed by atoms with Crippen LogP contribution in [0.1, 0.15) is 0 Å². The molecule has 0 N–H and O–H groups in total. The predicted molar refractivity (Wildman–Crippen MR) is 227 cm³/mol. The zero-order valence-corrected chi connectivity index (χ0v) is 29.7. The average Bonchev–Trinajstić information content (AvgIpc) is 3.95. The summed E-state index contributed by atoms with van der Waals surface area (Å²) in [5, 5.41) is 15.9. The van der Waals surface area contributed by atoms with Crippen LogP contribution < -0.4 is 9.47 Å². The largest absolute Gasteiger partial charge is 0.497 e. The van der Waals surface area contributed by atoms with Crippen molar-refractivity contribution in [2.75, 3.05) is 14.2 Å². The number of benzene rings is 9. The summed E-state index contributed by atoms with van der Waals surface area (Å²) >= 11 is 0. The van der Waals surface area contributed by atoms with Crippen LogP contribution in [0.15, 0.2) is 146 Å². The van der Waals surface area contributed by atoms with Gasteiger partial charge in [0, 0.05) is 0 Å². The molecule has 2 heteroatoms. The van der Waals surface area contributed by atoms with Gasteiger partial charge in [0.05, 0.1) is 14.2 Å². The van der Waals surface area contributed by atoms with Gasteiger partial charge in [0.15, 0.2) is 0 Å². The van der Waals surface area contributed by atoms with Crippen molar-refractivity contribution in [2.45, 2.75) is 0 Å². The smallest absolute Gasteiger partial charge is 0.118 e. The fourth-order valence-electron chi connectivity index (χ4n) is 10.5. The second-order valence-corrected chi connectivity index (χ2v) is 14.9. The van der Waals surface area contributed by atoms with Crippen molar-refractivity contribution >= 4 is 64.6 Å². The molecule has 54 heavy (non-hydrogen) atoms. The lowest BCUT2D eigenvalue weighted by atomic mass is 9.87. The van der Waals surface area contributed by atoms with Gasteiger partial charge in [-0.15, -0.1) is 0 Å². The summed E-state index contributed by atoms with van der Waals surface area (Å²) in [6.45, 7) is 0. The monoisotopic (exact) mass is 686 g/mol. The molecule has 250 valence electrons. The number of hydrogen-bond acceptors (Lipinski definition) is 2. The molecular formula is C52H30O2. The first kappa shape index (κ1) is 28.7. The molecular weight excluding hydrogens is 657 g/mol. The molecule has 0 bridgehead atoms. The summed E-state index contributed by atoms with van der Waals surface area (Å²) in [5.74, 6) is 1.71. The fraction of sp³-hybridized carbons (Fsp3) is 0.0385. The molecule has 2 aliphatic rings.